The van der Waals surface area contributed by atoms with E-state index in [0.29, 0.717) is 0 Å². The molecule has 1 aliphatic carbocycles. The number of guanidine groups is 1. The summed E-state index contributed by atoms with van der Waals surface area (Å²) in [7, 11) is 6.19. The fourth-order valence-electron chi connectivity index (χ4n) is 4.61. The Labute approximate surface area is 173 Å². The minimum absolute atomic E-state index is 0.284. The predicted molar refractivity (Wildman–Crippen MR) is 119 cm³/mol. The lowest BCUT2D eigenvalue weighted by atomic mass is 9.80. The molecule has 164 valence electrons. The van der Waals surface area contributed by atoms with E-state index >= 15 is 0 Å². The maximum Gasteiger partial charge on any atom is 0.191 e. The van der Waals surface area contributed by atoms with Crippen LogP contribution in [0.4, 0.5) is 0 Å². The molecule has 0 amide bonds. The van der Waals surface area contributed by atoms with E-state index in [2.05, 4.69) is 39.5 Å². The lowest BCUT2D eigenvalue weighted by Gasteiger charge is -2.48. The van der Waals surface area contributed by atoms with Gasteiger partial charge in [-0.05, 0) is 46.3 Å². The Balaban J connectivity index is 1.66. The molecular formula is C22H45N5O. The Hall–Kier alpha value is -0.850. The van der Waals surface area contributed by atoms with Gasteiger partial charge in [0.25, 0.3) is 0 Å². The number of ether oxygens (including phenoxy) is 1. The zero-order chi connectivity index (χ0) is 20.1. The molecule has 2 fully saturated rings. The zero-order valence-corrected chi connectivity index (χ0v) is 18.8. The van der Waals surface area contributed by atoms with E-state index in [1.165, 1.54) is 70.8 Å². The molecule has 6 heteroatoms. The van der Waals surface area contributed by atoms with Gasteiger partial charge in [0.2, 0.25) is 0 Å². The summed E-state index contributed by atoms with van der Waals surface area (Å²) in [6.07, 6.45) is 13.2. The molecular weight excluding hydrogens is 350 g/mol. The summed E-state index contributed by atoms with van der Waals surface area (Å²) in [4.78, 5) is 9.42. The maximum atomic E-state index is 5.59. The van der Waals surface area contributed by atoms with E-state index in [-0.39, 0.29) is 5.54 Å². The van der Waals surface area contributed by atoms with E-state index in [9.17, 15) is 0 Å². The van der Waals surface area contributed by atoms with Crippen molar-refractivity contribution in [3.63, 3.8) is 0 Å². The van der Waals surface area contributed by atoms with Crippen LogP contribution < -0.4 is 10.6 Å². The highest BCUT2D eigenvalue weighted by Crippen LogP contribution is 2.33. The summed E-state index contributed by atoms with van der Waals surface area (Å²) in [6, 6.07) is 0. The Morgan fingerprint density at radius 3 is 2.32 bits per heavy atom. The van der Waals surface area contributed by atoms with Gasteiger partial charge in [0, 0.05) is 38.8 Å². The number of hydrogen-bond donors (Lipinski definition) is 2. The molecule has 2 rings (SSSR count). The van der Waals surface area contributed by atoms with Crippen LogP contribution in [0.5, 0.6) is 0 Å². The molecule has 0 atom stereocenters. The topological polar surface area (TPSA) is 52.1 Å². The molecule has 0 spiro atoms. The molecule has 2 N–H and O–H groups in total. The lowest BCUT2D eigenvalue weighted by molar-refractivity contribution is -0.0352. The van der Waals surface area contributed by atoms with Gasteiger partial charge in [-0.2, -0.15) is 0 Å². The van der Waals surface area contributed by atoms with Crippen LogP contribution in [0, 0.1) is 0 Å². The van der Waals surface area contributed by atoms with E-state index in [1.54, 1.807) is 0 Å². The Morgan fingerprint density at radius 2 is 1.64 bits per heavy atom. The summed E-state index contributed by atoms with van der Waals surface area (Å²) in [5.74, 6) is 0.964. The minimum Gasteiger partial charge on any atom is -0.379 e. The van der Waals surface area contributed by atoms with Crippen LogP contribution in [0.25, 0.3) is 0 Å². The van der Waals surface area contributed by atoms with E-state index < -0.39 is 0 Å². The highest BCUT2D eigenvalue weighted by atomic mass is 16.5. The molecule has 0 aromatic carbocycles. The predicted octanol–water partition coefficient (Wildman–Crippen LogP) is 2.70. The SMILES string of the molecule is CN=C(NCCCCCCCN(C)C)NCC1(N2CCOCC2)CCCCC1. The first kappa shape index (κ1) is 23.4. The third kappa shape index (κ3) is 8.26. The van der Waals surface area contributed by atoms with Gasteiger partial charge in [0.15, 0.2) is 5.96 Å². The highest BCUT2D eigenvalue weighted by molar-refractivity contribution is 5.79. The Kier molecular flexibility index (Phi) is 11.2. The van der Waals surface area contributed by atoms with Crippen LogP contribution >= 0.6 is 0 Å². The summed E-state index contributed by atoms with van der Waals surface area (Å²) in [6.45, 7) is 7.12. The zero-order valence-electron chi connectivity index (χ0n) is 18.8. The van der Waals surface area contributed by atoms with Crippen LogP contribution in [0.3, 0.4) is 0 Å². The molecule has 6 nitrogen and oxygen atoms in total. The van der Waals surface area contributed by atoms with E-state index in [0.717, 1.165) is 45.4 Å². The Bertz CT molecular complexity index is 429. The van der Waals surface area contributed by atoms with Crippen molar-refractivity contribution in [1.29, 1.82) is 0 Å². The van der Waals surface area contributed by atoms with Crippen molar-refractivity contribution in [2.24, 2.45) is 4.99 Å². The average Bonchev–Trinajstić information content (AvgIpc) is 2.73. The second-order valence-corrected chi connectivity index (χ2v) is 8.81. The third-order valence-electron chi connectivity index (χ3n) is 6.35. The number of nitrogens with one attached hydrogen (secondary N) is 2. The third-order valence-corrected chi connectivity index (χ3v) is 6.35. The quantitative estimate of drug-likeness (QED) is 0.320. The summed E-state index contributed by atoms with van der Waals surface area (Å²) in [5, 5.41) is 7.18. The van der Waals surface area contributed by atoms with Gasteiger partial charge in [-0.1, -0.05) is 38.5 Å². The number of unbranched alkanes of at least 4 members (excludes halogenated alkanes) is 4. The molecule has 1 aliphatic heterocycles. The second-order valence-electron chi connectivity index (χ2n) is 8.81. The minimum atomic E-state index is 0.284. The number of hydrogen-bond acceptors (Lipinski definition) is 4. The van der Waals surface area contributed by atoms with Gasteiger partial charge in [-0.15, -0.1) is 0 Å². The number of rotatable bonds is 11. The standard InChI is InChI=1S/C22H45N5O/c1-23-21(24-14-10-5-4-6-11-15-26(2)3)25-20-22(12-8-7-9-13-22)27-16-18-28-19-17-27/h4-20H2,1-3H3,(H2,23,24,25). The van der Waals surface area contributed by atoms with Crippen molar-refractivity contribution in [2.45, 2.75) is 69.7 Å². The first-order chi connectivity index (χ1) is 13.7. The Morgan fingerprint density at radius 1 is 0.964 bits per heavy atom. The molecule has 0 bridgehead atoms. The average molecular weight is 396 g/mol. The van der Waals surface area contributed by atoms with Gasteiger partial charge < -0.3 is 20.3 Å². The summed E-state index contributed by atoms with van der Waals surface area (Å²) < 4.78 is 5.59. The monoisotopic (exact) mass is 395 g/mol. The summed E-state index contributed by atoms with van der Waals surface area (Å²) in [5.41, 5.74) is 0.284. The number of aliphatic imine (C=N–C) groups is 1. The van der Waals surface area contributed by atoms with E-state index in [4.69, 9.17) is 4.74 Å². The first-order valence-electron chi connectivity index (χ1n) is 11.6. The summed E-state index contributed by atoms with van der Waals surface area (Å²) >= 11 is 0. The van der Waals surface area contributed by atoms with Crippen LogP contribution in [0.1, 0.15) is 64.2 Å². The molecule has 0 aromatic rings. The molecule has 0 unspecified atom stereocenters. The van der Waals surface area contributed by atoms with Crippen LogP contribution in [-0.2, 0) is 4.74 Å². The van der Waals surface area contributed by atoms with Gasteiger partial charge >= 0.3 is 0 Å². The molecule has 1 saturated heterocycles. The molecule has 0 aromatic heterocycles. The second kappa shape index (κ2) is 13.4. The van der Waals surface area contributed by atoms with Gasteiger partial charge in [-0.3, -0.25) is 9.89 Å². The smallest absolute Gasteiger partial charge is 0.191 e. The van der Waals surface area contributed by atoms with Crippen molar-refractivity contribution < 1.29 is 4.74 Å². The fraction of sp³-hybridized carbons (Fsp3) is 0.955. The number of morpholine rings is 1. The van der Waals surface area contributed by atoms with Crippen molar-refractivity contribution in [1.82, 2.24) is 20.4 Å². The van der Waals surface area contributed by atoms with Crippen LogP contribution in [-0.4, -0.2) is 88.4 Å². The van der Waals surface area contributed by atoms with Crippen LogP contribution in [0.2, 0.25) is 0 Å². The molecule has 28 heavy (non-hydrogen) atoms. The largest absolute Gasteiger partial charge is 0.379 e. The van der Waals surface area contributed by atoms with Crippen LogP contribution in [0.15, 0.2) is 4.99 Å². The molecule has 1 saturated carbocycles. The number of nitrogens with zero attached hydrogens (tertiary/aromatic N) is 3. The lowest BCUT2D eigenvalue weighted by Crippen LogP contribution is -2.60. The maximum absolute atomic E-state index is 5.59. The van der Waals surface area contributed by atoms with Gasteiger partial charge in [0.1, 0.15) is 0 Å². The van der Waals surface area contributed by atoms with E-state index in [1.807, 2.05) is 7.05 Å². The van der Waals surface area contributed by atoms with Crippen molar-refractivity contribution in [3.8, 4) is 0 Å². The van der Waals surface area contributed by atoms with Crippen molar-refractivity contribution in [3.05, 3.63) is 0 Å². The first-order valence-corrected chi connectivity index (χ1v) is 11.6. The van der Waals surface area contributed by atoms with Crippen molar-refractivity contribution in [2.75, 3.05) is 67.1 Å². The fourth-order valence-corrected chi connectivity index (χ4v) is 4.61. The molecule has 1 heterocycles. The normalized spacial score (nSPS) is 21.1. The highest BCUT2D eigenvalue weighted by Gasteiger charge is 2.38. The van der Waals surface area contributed by atoms with Crippen molar-refractivity contribution >= 4 is 5.96 Å². The molecule has 2 aliphatic rings. The molecule has 0 radical (unpaired) electrons. The van der Waals surface area contributed by atoms with Gasteiger partial charge in [-0.25, -0.2) is 0 Å². The van der Waals surface area contributed by atoms with Gasteiger partial charge in [0.05, 0.1) is 13.2 Å².